The minimum absolute atomic E-state index is 0.215. The average molecular weight is 581 g/mol. The smallest absolute Gasteiger partial charge is 0.305 e. The van der Waals surface area contributed by atoms with Gasteiger partial charge in [-0.3, -0.25) is 24.0 Å². The van der Waals surface area contributed by atoms with E-state index in [2.05, 4.69) is 5.32 Å². The fraction of sp³-hybridized carbons (Fsp3) is 0.367. The number of nitrogens with one attached hydrogen (secondary N) is 1. The fourth-order valence-corrected chi connectivity index (χ4v) is 4.83. The molecule has 2 aromatic carbocycles. The molecule has 6 atom stereocenters. The third-order valence-electron chi connectivity index (χ3n) is 6.54. The van der Waals surface area contributed by atoms with Crippen LogP contribution < -0.4 is 10.1 Å². The summed E-state index contributed by atoms with van der Waals surface area (Å²) in [5.74, 6) is -2.66. The molecule has 2 amide bonds. The number of hydrogen-bond acceptors (Lipinski definition) is 10. The molecule has 0 aromatic heterocycles. The van der Waals surface area contributed by atoms with Crippen molar-refractivity contribution < 1.29 is 47.7 Å². The van der Waals surface area contributed by atoms with E-state index in [1.165, 1.54) is 11.8 Å². The maximum atomic E-state index is 13.6. The second kappa shape index (κ2) is 13.8. The van der Waals surface area contributed by atoms with E-state index in [0.29, 0.717) is 5.75 Å². The van der Waals surface area contributed by atoms with E-state index < -0.39 is 66.3 Å². The number of likely N-dealkylation sites (tertiary alicyclic amines) is 1. The zero-order valence-corrected chi connectivity index (χ0v) is 23.3. The Morgan fingerprint density at radius 2 is 1.48 bits per heavy atom. The summed E-state index contributed by atoms with van der Waals surface area (Å²) in [5.41, 5.74) is 0.846. The number of carbonyl (C=O) groups excluding carboxylic acids is 5. The number of benzene rings is 2. The normalized spacial score (nSPS) is 25.2. The van der Waals surface area contributed by atoms with Gasteiger partial charge in [-0.2, -0.15) is 0 Å². The summed E-state index contributed by atoms with van der Waals surface area (Å²) < 4.78 is 27.3. The Balaban J connectivity index is 1.59. The molecule has 2 aliphatic heterocycles. The van der Waals surface area contributed by atoms with Crippen molar-refractivity contribution >= 4 is 35.8 Å². The number of β-lactam (4-membered cyclic amide) rings is 1. The van der Waals surface area contributed by atoms with Crippen molar-refractivity contribution in [2.45, 2.75) is 57.4 Å². The minimum Gasteiger partial charge on any atom is -0.484 e. The maximum Gasteiger partial charge on any atom is 0.305 e. The minimum atomic E-state index is -1.37. The van der Waals surface area contributed by atoms with Crippen molar-refractivity contribution in [3.8, 4) is 5.75 Å². The predicted octanol–water partition coefficient (Wildman–Crippen LogP) is 1.63. The molecule has 2 heterocycles. The van der Waals surface area contributed by atoms with Gasteiger partial charge >= 0.3 is 17.9 Å². The lowest BCUT2D eigenvalue weighted by Crippen LogP contribution is -2.77. The molecular formula is C30H32N2O10. The van der Waals surface area contributed by atoms with Gasteiger partial charge in [0, 0.05) is 20.8 Å². The molecule has 2 saturated heterocycles. The molecule has 222 valence electrons. The Bertz CT molecular complexity index is 1320. The Hall–Kier alpha value is -4.71. The quantitative estimate of drug-likeness (QED) is 0.250. The molecule has 42 heavy (non-hydrogen) atoms. The highest BCUT2D eigenvalue weighted by molar-refractivity contribution is 5.95. The van der Waals surface area contributed by atoms with Crippen molar-refractivity contribution in [3.63, 3.8) is 0 Å². The van der Waals surface area contributed by atoms with Gasteiger partial charge in [0.25, 0.3) is 5.91 Å². The third-order valence-corrected chi connectivity index (χ3v) is 6.54. The highest BCUT2D eigenvalue weighted by atomic mass is 16.7. The van der Waals surface area contributed by atoms with Crippen LogP contribution >= 0.6 is 0 Å². The summed E-state index contributed by atoms with van der Waals surface area (Å²) in [4.78, 5) is 63.5. The zero-order chi connectivity index (χ0) is 30.2. The molecule has 0 aliphatic carbocycles. The van der Waals surface area contributed by atoms with Crippen LogP contribution in [0, 0.1) is 0 Å². The molecule has 0 bridgehead atoms. The highest BCUT2D eigenvalue weighted by Crippen LogP contribution is 2.33. The molecular weight excluding hydrogens is 548 g/mol. The second-order valence-electron chi connectivity index (χ2n) is 9.68. The van der Waals surface area contributed by atoms with Gasteiger partial charge < -0.3 is 33.9 Å². The number of amides is 2. The van der Waals surface area contributed by atoms with Crippen LogP contribution in [0.5, 0.6) is 5.75 Å². The van der Waals surface area contributed by atoms with E-state index in [1.54, 1.807) is 36.4 Å². The molecule has 0 saturated carbocycles. The largest absolute Gasteiger partial charge is 0.484 e. The van der Waals surface area contributed by atoms with Crippen LogP contribution in [0.25, 0.3) is 6.08 Å². The van der Waals surface area contributed by atoms with Gasteiger partial charge in [0.1, 0.15) is 11.8 Å². The molecule has 2 aliphatic rings. The van der Waals surface area contributed by atoms with Gasteiger partial charge in [-0.15, -0.1) is 0 Å². The molecule has 2 unspecified atom stereocenters. The zero-order valence-electron chi connectivity index (χ0n) is 23.3. The van der Waals surface area contributed by atoms with Crippen LogP contribution in [0.4, 0.5) is 0 Å². The number of rotatable bonds is 10. The predicted molar refractivity (Wildman–Crippen MR) is 146 cm³/mol. The number of ether oxygens (including phenoxy) is 5. The molecule has 4 rings (SSSR count). The Labute approximate surface area is 242 Å². The third kappa shape index (κ3) is 7.52. The van der Waals surface area contributed by atoms with E-state index >= 15 is 0 Å². The molecule has 1 N–H and O–H groups in total. The van der Waals surface area contributed by atoms with Crippen molar-refractivity contribution in [2.24, 2.45) is 0 Å². The number of para-hydroxylation sites is 1. The molecule has 12 nitrogen and oxygen atoms in total. The van der Waals surface area contributed by atoms with E-state index in [4.69, 9.17) is 23.7 Å². The van der Waals surface area contributed by atoms with Crippen molar-refractivity contribution in [2.75, 3.05) is 13.2 Å². The van der Waals surface area contributed by atoms with Gasteiger partial charge in [-0.25, -0.2) is 0 Å². The second-order valence-corrected chi connectivity index (χ2v) is 9.68. The molecule has 0 radical (unpaired) electrons. The highest BCUT2D eigenvalue weighted by Gasteiger charge is 2.57. The standard InChI is InChI=1S/C30H32N2O10/c1-18(33)40-27-24(16-39-30(42-20(3)35)28(27)41-19(2)34)32-23(15-14-21-10-6-4-7-11-21)26(29(32)37)31-25(36)17-38-22-12-8-5-9-13-22/h4-15,23-24,26-28,30H,16-17H2,1-3H3,(H,31,36)/b15-14+/t23?,24-,26?,27+,28-,30-/m1/s1. The summed E-state index contributed by atoms with van der Waals surface area (Å²) in [6.45, 7) is 2.93. The van der Waals surface area contributed by atoms with Gasteiger partial charge in [0.15, 0.2) is 12.7 Å². The van der Waals surface area contributed by atoms with Crippen LogP contribution in [0.2, 0.25) is 0 Å². The number of esters is 3. The maximum absolute atomic E-state index is 13.6. The van der Waals surface area contributed by atoms with Crippen molar-refractivity contribution in [1.29, 1.82) is 0 Å². The Morgan fingerprint density at radius 3 is 2.10 bits per heavy atom. The van der Waals surface area contributed by atoms with Gasteiger partial charge in [0.05, 0.1) is 18.7 Å². The van der Waals surface area contributed by atoms with Crippen molar-refractivity contribution in [1.82, 2.24) is 10.2 Å². The summed E-state index contributed by atoms with van der Waals surface area (Å²) in [7, 11) is 0. The lowest BCUT2D eigenvalue weighted by molar-refractivity contribution is -0.267. The Kier molecular flexibility index (Phi) is 9.92. The van der Waals surface area contributed by atoms with E-state index in [9.17, 15) is 24.0 Å². The van der Waals surface area contributed by atoms with Gasteiger partial charge in [-0.1, -0.05) is 60.7 Å². The fourth-order valence-electron chi connectivity index (χ4n) is 4.83. The van der Waals surface area contributed by atoms with E-state index in [1.807, 2.05) is 36.4 Å². The molecule has 12 heteroatoms. The molecule has 2 fully saturated rings. The average Bonchev–Trinajstić information content (AvgIpc) is 2.95. The van der Waals surface area contributed by atoms with E-state index in [0.717, 1.165) is 19.4 Å². The number of carbonyl (C=O) groups is 5. The topological polar surface area (TPSA) is 147 Å². The molecule has 0 spiro atoms. The van der Waals surface area contributed by atoms with Crippen LogP contribution in [0.1, 0.15) is 26.3 Å². The lowest BCUT2D eigenvalue weighted by atomic mass is 9.87. The summed E-state index contributed by atoms with van der Waals surface area (Å²) in [6.07, 6.45) is -0.428. The van der Waals surface area contributed by atoms with Crippen LogP contribution in [0.3, 0.4) is 0 Å². The van der Waals surface area contributed by atoms with Gasteiger partial charge in [-0.05, 0) is 17.7 Å². The monoisotopic (exact) mass is 580 g/mol. The van der Waals surface area contributed by atoms with E-state index in [-0.39, 0.29) is 13.2 Å². The first kappa shape index (κ1) is 30.3. The number of nitrogens with zero attached hydrogens (tertiary/aromatic N) is 1. The summed E-state index contributed by atoms with van der Waals surface area (Å²) in [5, 5.41) is 2.72. The molecule has 2 aromatic rings. The lowest BCUT2D eigenvalue weighted by Gasteiger charge is -2.53. The van der Waals surface area contributed by atoms with Crippen LogP contribution in [-0.2, 0) is 42.9 Å². The van der Waals surface area contributed by atoms with Crippen LogP contribution in [-0.4, -0.2) is 84.5 Å². The van der Waals surface area contributed by atoms with Gasteiger partial charge in [0.2, 0.25) is 18.3 Å². The SMILES string of the molecule is CC(=O)O[C@H]1OC[C@@H](N2C(=O)C(NC(=O)COc3ccccc3)C2/C=C/c2ccccc2)[C@H](OC(C)=O)[C@H]1OC(C)=O. The van der Waals surface area contributed by atoms with Crippen molar-refractivity contribution in [3.05, 3.63) is 72.3 Å². The van der Waals surface area contributed by atoms with Crippen LogP contribution in [0.15, 0.2) is 66.7 Å². The first-order valence-corrected chi connectivity index (χ1v) is 13.3. The number of hydrogen-bond donors (Lipinski definition) is 1. The first-order valence-electron chi connectivity index (χ1n) is 13.3. The first-order chi connectivity index (χ1) is 20.1. The summed E-state index contributed by atoms with van der Waals surface area (Å²) in [6, 6.07) is 15.5. The summed E-state index contributed by atoms with van der Waals surface area (Å²) >= 11 is 0. The Morgan fingerprint density at radius 1 is 0.881 bits per heavy atom.